The van der Waals surface area contributed by atoms with Crippen molar-refractivity contribution in [3.8, 4) is 11.5 Å². The van der Waals surface area contributed by atoms with Crippen molar-refractivity contribution in [2.75, 3.05) is 32.0 Å². The monoisotopic (exact) mass is 378 g/mol. The van der Waals surface area contributed by atoms with Gasteiger partial charge in [0.15, 0.2) is 0 Å². The number of ether oxygens (including phenoxy) is 3. The maximum atomic E-state index is 12.7. The van der Waals surface area contributed by atoms with Crippen molar-refractivity contribution >= 4 is 15.7 Å². The van der Waals surface area contributed by atoms with Crippen molar-refractivity contribution in [1.82, 2.24) is 5.32 Å². The summed E-state index contributed by atoms with van der Waals surface area (Å²) in [6.07, 6.45) is -0.162. The molecule has 0 aromatic heterocycles. The molecule has 2 N–H and O–H groups in total. The standard InChI is InChI=1S/C18H22N2O5S/c1-23-15-8-3-4-9-18(15)26(21,22)20-13-6-5-7-14(10-13)25-17-12-19-11-16(17)24-2/h3-10,16-17,19-20H,11-12H2,1-2H3/t16-,17-/m1/s1. The van der Waals surface area contributed by atoms with Gasteiger partial charge in [0, 0.05) is 26.3 Å². The van der Waals surface area contributed by atoms with Crippen LogP contribution in [-0.2, 0) is 14.8 Å². The molecule has 26 heavy (non-hydrogen) atoms. The maximum absolute atomic E-state index is 12.7. The Morgan fingerprint density at radius 3 is 2.58 bits per heavy atom. The molecule has 1 saturated heterocycles. The molecular weight excluding hydrogens is 356 g/mol. The number of nitrogens with one attached hydrogen (secondary N) is 2. The lowest BCUT2D eigenvalue weighted by Crippen LogP contribution is -2.31. The summed E-state index contributed by atoms with van der Waals surface area (Å²) in [4.78, 5) is 0.0771. The Balaban J connectivity index is 1.78. The number of sulfonamides is 1. The third kappa shape index (κ3) is 4.09. The van der Waals surface area contributed by atoms with Crippen LogP contribution in [0.3, 0.4) is 0 Å². The normalized spacial score (nSPS) is 19.9. The Morgan fingerprint density at radius 1 is 1.04 bits per heavy atom. The molecule has 0 saturated carbocycles. The van der Waals surface area contributed by atoms with Gasteiger partial charge in [-0.25, -0.2) is 8.42 Å². The Bertz CT molecular complexity index is 856. The SMILES string of the molecule is COc1ccccc1S(=O)(=O)Nc1cccc(O[C@@H]2CNC[C@H]2OC)c1. The molecule has 2 aromatic carbocycles. The van der Waals surface area contributed by atoms with Crippen LogP contribution in [0.1, 0.15) is 0 Å². The van der Waals surface area contributed by atoms with Gasteiger partial charge in [0.2, 0.25) is 0 Å². The molecular formula is C18H22N2O5S. The Kier molecular flexibility index (Phi) is 5.65. The van der Waals surface area contributed by atoms with Crippen molar-refractivity contribution in [3.05, 3.63) is 48.5 Å². The van der Waals surface area contributed by atoms with Gasteiger partial charge in [-0.3, -0.25) is 4.72 Å². The number of hydrogen-bond acceptors (Lipinski definition) is 6. The van der Waals surface area contributed by atoms with Gasteiger partial charge >= 0.3 is 0 Å². The van der Waals surface area contributed by atoms with E-state index in [0.717, 1.165) is 6.54 Å². The Hall–Kier alpha value is -2.29. The van der Waals surface area contributed by atoms with E-state index in [2.05, 4.69) is 10.0 Å². The average molecular weight is 378 g/mol. The van der Waals surface area contributed by atoms with Crippen LogP contribution in [0.25, 0.3) is 0 Å². The molecule has 8 heteroatoms. The summed E-state index contributed by atoms with van der Waals surface area (Å²) in [5, 5.41) is 3.21. The van der Waals surface area contributed by atoms with Gasteiger partial charge in [0.25, 0.3) is 10.0 Å². The topological polar surface area (TPSA) is 85.9 Å². The van der Waals surface area contributed by atoms with Gasteiger partial charge in [-0.15, -0.1) is 0 Å². The fourth-order valence-electron chi connectivity index (χ4n) is 2.84. The zero-order valence-electron chi connectivity index (χ0n) is 14.6. The molecule has 2 aromatic rings. The van der Waals surface area contributed by atoms with Crippen molar-refractivity contribution in [2.45, 2.75) is 17.1 Å². The van der Waals surface area contributed by atoms with E-state index in [1.807, 2.05) is 0 Å². The smallest absolute Gasteiger partial charge is 0.265 e. The lowest BCUT2D eigenvalue weighted by Gasteiger charge is -2.19. The summed E-state index contributed by atoms with van der Waals surface area (Å²) in [5.41, 5.74) is 0.410. The van der Waals surface area contributed by atoms with Crippen molar-refractivity contribution in [2.24, 2.45) is 0 Å². The molecule has 0 bridgehead atoms. The molecule has 0 amide bonds. The van der Waals surface area contributed by atoms with Crippen LogP contribution in [0.5, 0.6) is 11.5 Å². The van der Waals surface area contributed by atoms with Gasteiger partial charge in [-0.2, -0.15) is 0 Å². The Labute approximate surface area is 153 Å². The minimum atomic E-state index is -3.78. The molecule has 7 nitrogen and oxygen atoms in total. The maximum Gasteiger partial charge on any atom is 0.265 e. The van der Waals surface area contributed by atoms with E-state index in [-0.39, 0.29) is 22.9 Å². The third-order valence-corrected chi connectivity index (χ3v) is 5.56. The lowest BCUT2D eigenvalue weighted by atomic mass is 10.2. The summed E-state index contributed by atoms with van der Waals surface area (Å²) in [6, 6.07) is 13.3. The first kappa shape index (κ1) is 18.5. The number of methoxy groups -OCH3 is 2. The predicted octanol–water partition coefficient (Wildman–Crippen LogP) is 1.86. The fourth-order valence-corrected chi connectivity index (χ4v) is 4.06. The highest BCUT2D eigenvalue weighted by molar-refractivity contribution is 7.92. The molecule has 3 rings (SSSR count). The zero-order valence-corrected chi connectivity index (χ0v) is 15.5. The van der Waals surface area contributed by atoms with E-state index in [0.29, 0.717) is 18.0 Å². The molecule has 1 fully saturated rings. The molecule has 0 radical (unpaired) electrons. The predicted molar refractivity (Wildman–Crippen MR) is 98.3 cm³/mol. The molecule has 0 aliphatic carbocycles. The van der Waals surface area contributed by atoms with Crippen LogP contribution in [0.2, 0.25) is 0 Å². The van der Waals surface area contributed by atoms with Crippen molar-refractivity contribution in [1.29, 1.82) is 0 Å². The van der Waals surface area contributed by atoms with E-state index >= 15 is 0 Å². The second kappa shape index (κ2) is 7.94. The fraction of sp³-hybridized carbons (Fsp3) is 0.333. The molecule has 1 aliphatic rings. The number of hydrogen-bond donors (Lipinski definition) is 2. The third-order valence-electron chi connectivity index (χ3n) is 4.14. The van der Waals surface area contributed by atoms with Gasteiger partial charge < -0.3 is 19.5 Å². The largest absolute Gasteiger partial charge is 0.495 e. The molecule has 1 aliphatic heterocycles. The minimum absolute atomic E-state index is 0.0380. The highest BCUT2D eigenvalue weighted by Crippen LogP contribution is 2.27. The first-order chi connectivity index (χ1) is 12.5. The average Bonchev–Trinajstić information content (AvgIpc) is 3.08. The van der Waals surface area contributed by atoms with Crippen molar-refractivity contribution < 1.29 is 22.6 Å². The minimum Gasteiger partial charge on any atom is -0.495 e. The van der Waals surface area contributed by atoms with Crippen LogP contribution in [0.15, 0.2) is 53.4 Å². The van der Waals surface area contributed by atoms with Gasteiger partial charge in [0.1, 0.15) is 28.6 Å². The summed E-state index contributed by atoms with van der Waals surface area (Å²) in [5.74, 6) is 0.855. The first-order valence-corrected chi connectivity index (χ1v) is 9.68. The van der Waals surface area contributed by atoms with Crippen LogP contribution in [-0.4, -0.2) is 47.9 Å². The van der Waals surface area contributed by atoms with E-state index in [9.17, 15) is 8.42 Å². The summed E-state index contributed by atoms with van der Waals surface area (Å²) < 4.78 is 44.4. The molecule has 0 unspecified atom stereocenters. The summed E-state index contributed by atoms with van der Waals surface area (Å²) in [6.45, 7) is 1.40. The summed E-state index contributed by atoms with van der Waals surface area (Å²) in [7, 11) is -0.703. The van der Waals surface area contributed by atoms with E-state index < -0.39 is 10.0 Å². The summed E-state index contributed by atoms with van der Waals surface area (Å²) >= 11 is 0. The van der Waals surface area contributed by atoms with Gasteiger partial charge in [0.05, 0.1) is 12.8 Å². The number of benzene rings is 2. The number of rotatable bonds is 7. The molecule has 1 heterocycles. The van der Waals surface area contributed by atoms with Gasteiger partial charge in [-0.05, 0) is 24.3 Å². The van der Waals surface area contributed by atoms with Crippen LogP contribution in [0.4, 0.5) is 5.69 Å². The van der Waals surface area contributed by atoms with Gasteiger partial charge in [-0.1, -0.05) is 18.2 Å². The first-order valence-electron chi connectivity index (χ1n) is 8.19. The van der Waals surface area contributed by atoms with E-state index in [1.165, 1.54) is 13.2 Å². The second-order valence-corrected chi connectivity index (χ2v) is 7.52. The van der Waals surface area contributed by atoms with Crippen LogP contribution < -0.4 is 19.5 Å². The zero-order chi connectivity index (χ0) is 18.6. The highest BCUT2D eigenvalue weighted by Gasteiger charge is 2.28. The van der Waals surface area contributed by atoms with E-state index in [1.54, 1.807) is 49.6 Å². The van der Waals surface area contributed by atoms with E-state index in [4.69, 9.17) is 14.2 Å². The molecule has 2 atom stereocenters. The number of para-hydroxylation sites is 1. The molecule has 0 spiro atoms. The lowest BCUT2D eigenvalue weighted by molar-refractivity contribution is 0.0346. The van der Waals surface area contributed by atoms with Crippen LogP contribution >= 0.6 is 0 Å². The molecule has 140 valence electrons. The quantitative estimate of drug-likeness (QED) is 0.765. The Morgan fingerprint density at radius 2 is 1.81 bits per heavy atom. The highest BCUT2D eigenvalue weighted by atomic mass is 32.2. The number of anilines is 1. The van der Waals surface area contributed by atoms with Crippen molar-refractivity contribution in [3.63, 3.8) is 0 Å². The van der Waals surface area contributed by atoms with Crippen LogP contribution in [0, 0.1) is 0 Å². The second-order valence-electron chi connectivity index (χ2n) is 5.87.